The second-order valence-corrected chi connectivity index (χ2v) is 3.08. The Balaban J connectivity index is 2.92. The van der Waals surface area contributed by atoms with E-state index in [1.165, 1.54) is 0 Å². The quantitative estimate of drug-likeness (QED) is 0.561. The van der Waals surface area contributed by atoms with Crippen LogP contribution in [0.2, 0.25) is 0 Å². The van der Waals surface area contributed by atoms with Gasteiger partial charge < -0.3 is 4.74 Å². The molecule has 0 N–H and O–H groups in total. The largest absolute Gasteiger partial charge is 0.462 e. The number of rotatable bonds is 4. The van der Waals surface area contributed by atoms with Crippen molar-refractivity contribution >= 4 is 11.8 Å². The van der Waals surface area contributed by atoms with Crippen molar-refractivity contribution in [3.05, 3.63) is 35.4 Å². The van der Waals surface area contributed by atoms with E-state index in [0.717, 1.165) is 0 Å². The standard InChI is InChI=1S/C12H14O3/c1-3-11(13)9-6-5-7-10(8-9)12(14)15-4-2/h5-8H,3-4H2,1-2H3. The van der Waals surface area contributed by atoms with Crippen molar-refractivity contribution in [1.82, 2.24) is 0 Å². The minimum atomic E-state index is -0.386. The number of Topliss-reactive ketones (excluding diaryl/α,β-unsaturated/α-hetero) is 1. The number of ketones is 1. The number of hydrogen-bond donors (Lipinski definition) is 0. The minimum Gasteiger partial charge on any atom is -0.462 e. The zero-order valence-corrected chi connectivity index (χ0v) is 8.95. The molecule has 0 unspecified atom stereocenters. The third kappa shape index (κ3) is 2.91. The van der Waals surface area contributed by atoms with Crippen LogP contribution in [-0.4, -0.2) is 18.4 Å². The number of hydrogen-bond acceptors (Lipinski definition) is 3. The van der Waals surface area contributed by atoms with Gasteiger partial charge in [0, 0.05) is 12.0 Å². The van der Waals surface area contributed by atoms with Gasteiger partial charge in [-0.05, 0) is 19.1 Å². The predicted molar refractivity (Wildman–Crippen MR) is 57.0 cm³/mol. The summed E-state index contributed by atoms with van der Waals surface area (Å²) in [5.41, 5.74) is 0.985. The van der Waals surface area contributed by atoms with Crippen LogP contribution in [0.3, 0.4) is 0 Å². The van der Waals surface area contributed by atoms with E-state index in [1.807, 2.05) is 0 Å². The molecular formula is C12H14O3. The molecule has 1 aromatic carbocycles. The average Bonchev–Trinajstić information content (AvgIpc) is 2.28. The summed E-state index contributed by atoms with van der Waals surface area (Å²) in [6.45, 7) is 3.88. The van der Waals surface area contributed by atoms with Crippen LogP contribution in [0.1, 0.15) is 41.0 Å². The first-order valence-corrected chi connectivity index (χ1v) is 4.99. The Kier molecular flexibility index (Phi) is 4.03. The average molecular weight is 206 g/mol. The molecule has 0 fully saturated rings. The highest BCUT2D eigenvalue weighted by Crippen LogP contribution is 2.09. The summed E-state index contributed by atoms with van der Waals surface area (Å²) in [6, 6.07) is 6.61. The molecule has 1 rings (SSSR count). The van der Waals surface area contributed by atoms with Crippen LogP contribution in [0, 0.1) is 0 Å². The smallest absolute Gasteiger partial charge is 0.338 e. The fourth-order valence-corrected chi connectivity index (χ4v) is 1.24. The highest BCUT2D eigenvalue weighted by molar-refractivity contribution is 5.98. The zero-order chi connectivity index (χ0) is 11.3. The van der Waals surface area contributed by atoms with E-state index in [1.54, 1.807) is 38.1 Å². The molecule has 0 aliphatic rings. The molecule has 80 valence electrons. The van der Waals surface area contributed by atoms with Crippen LogP contribution in [-0.2, 0) is 4.74 Å². The third-order valence-electron chi connectivity index (χ3n) is 2.02. The summed E-state index contributed by atoms with van der Waals surface area (Å²) < 4.78 is 4.85. The Hall–Kier alpha value is -1.64. The highest BCUT2D eigenvalue weighted by atomic mass is 16.5. The molecule has 1 aromatic rings. The normalized spacial score (nSPS) is 9.73. The Morgan fingerprint density at radius 2 is 1.87 bits per heavy atom. The molecule has 3 heteroatoms. The highest BCUT2D eigenvalue weighted by Gasteiger charge is 2.09. The maximum Gasteiger partial charge on any atom is 0.338 e. The summed E-state index contributed by atoms with van der Waals surface area (Å²) in [5.74, 6) is -0.357. The lowest BCUT2D eigenvalue weighted by molar-refractivity contribution is 0.0526. The van der Waals surface area contributed by atoms with Crippen molar-refractivity contribution < 1.29 is 14.3 Å². The van der Waals surface area contributed by atoms with E-state index >= 15 is 0 Å². The molecule has 0 atom stereocenters. The van der Waals surface area contributed by atoms with Gasteiger partial charge >= 0.3 is 5.97 Å². The van der Waals surface area contributed by atoms with Crippen LogP contribution in [0.25, 0.3) is 0 Å². The van der Waals surface area contributed by atoms with Crippen LogP contribution in [0.15, 0.2) is 24.3 Å². The molecule has 0 saturated carbocycles. The van der Waals surface area contributed by atoms with Gasteiger partial charge in [-0.1, -0.05) is 19.1 Å². The van der Waals surface area contributed by atoms with Gasteiger partial charge in [-0.25, -0.2) is 4.79 Å². The Morgan fingerprint density at radius 3 is 2.47 bits per heavy atom. The van der Waals surface area contributed by atoms with Gasteiger partial charge in [0.2, 0.25) is 0 Å². The number of carbonyl (C=O) groups is 2. The maximum absolute atomic E-state index is 11.4. The molecule has 0 spiro atoms. The number of esters is 1. The van der Waals surface area contributed by atoms with Crippen molar-refractivity contribution in [2.24, 2.45) is 0 Å². The third-order valence-corrected chi connectivity index (χ3v) is 2.02. The van der Waals surface area contributed by atoms with E-state index in [4.69, 9.17) is 4.74 Å². The van der Waals surface area contributed by atoms with Crippen molar-refractivity contribution in [3.63, 3.8) is 0 Å². The second kappa shape index (κ2) is 5.29. The lowest BCUT2D eigenvalue weighted by atomic mass is 10.1. The predicted octanol–water partition coefficient (Wildman–Crippen LogP) is 2.46. The first kappa shape index (κ1) is 11.4. The van der Waals surface area contributed by atoms with E-state index in [9.17, 15) is 9.59 Å². The van der Waals surface area contributed by atoms with Crippen LogP contribution in [0.5, 0.6) is 0 Å². The number of ether oxygens (including phenoxy) is 1. The molecule has 15 heavy (non-hydrogen) atoms. The Bertz CT molecular complexity index is 369. The second-order valence-electron chi connectivity index (χ2n) is 3.08. The molecule has 0 amide bonds. The summed E-state index contributed by atoms with van der Waals surface area (Å²) in [6.07, 6.45) is 0.437. The molecular weight excluding hydrogens is 192 g/mol. The zero-order valence-electron chi connectivity index (χ0n) is 8.95. The first-order valence-electron chi connectivity index (χ1n) is 4.99. The summed E-state index contributed by atoms with van der Waals surface area (Å²) in [5, 5.41) is 0. The molecule has 3 nitrogen and oxygen atoms in total. The van der Waals surface area contributed by atoms with Crippen LogP contribution in [0.4, 0.5) is 0 Å². The van der Waals surface area contributed by atoms with Gasteiger partial charge in [-0.2, -0.15) is 0 Å². The van der Waals surface area contributed by atoms with E-state index in [2.05, 4.69) is 0 Å². The Morgan fingerprint density at radius 1 is 1.20 bits per heavy atom. The maximum atomic E-state index is 11.4. The van der Waals surface area contributed by atoms with Gasteiger partial charge in [0.15, 0.2) is 5.78 Å². The number of carbonyl (C=O) groups excluding carboxylic acids is 2. The summed E-state index contributed by atoms with van der Waals surface area (Å²) in [7, 11) is 0. The number of benzene rings is 1. The minimum absolute atomic E-state index is 0.0288. The molecule has 0 heterocycles. The lowest BCUT2D eigenvalue weighted by Gasteiger charge is -2.03. The van der Waals surface area contributed by atoms with Gasteiger partial charge in [-0.3, -0.25) is 4.79 Å². The van der Waals surface area contributed by atoms with Crippen molar-refractivity contribution in [1.29, 1.82) is 0 Å². The van der Waals surface area contributed by atoms with Gasteiger partial charge in [0.05, 0.1) is 12.2 Å². The van der Waals surface area contributed by atoms with Crippen molar-refractivity contribution in [2.75, 3.05) is 6.61 Å². The summed E-state index contributed by atoms with van der Waals surface area (Å²) in [4.78, 5) is 22.8. The van der Waals surface area contributed by atoms with E-state index < -0.39 is 0 Å². The molecule has 0 aliphatic heterocycles. The fraction of sp³-hybridized carbons (Fsp3) is 0.333. The molecule has 0 radical (unpaired) electrons. The van der Waals surface area contributed by atoms with Crippen LogP contribution < -0.4 is 0 Å². The van der Waals surface area contributed by atoms with Gasteiger partial charge in [0.1, 0.15) is 0 Å². The van der Waals surface area contributed by atoms with E-state index in [0.29, 0.717) is 24.2 Å². The monoisotopic (exact) mass is 206 g/mol. The molecule has 0 bridgehead atoms. The van der Waals surface area contributed by atoms with E-state index in [-0.39, 0.29) is 11.8 Å². The van der Waals surface area contributed by atoms with Crippen LogP contribution >= 0.6 is 0 Å². The SMILES string of the molecule is CCOC(=O)c1cccc(C(=O)CC)c1. The topological polar surface area (TPSA) is 43.4 Å². The van der Waals surface area contributed by atoms with Crippen molar-refractivity contribution in [2.45, 2.75) is 20.3 Å². The summed E-state index contributed by atoms with van der Waals surface area (Å²) >= 11 is 0. The van der Waals surface area contributed by atoms with Gasteiger partial charge in [-0.15, -0.1) is 0 Å². The van der Waals surface area contributed by atoms with Crippen molar-refractivity contribution in [3.8, 4) is 0 Å². The fourth-order valence-electron chi connectivity index (χ4n) is 1.24. The Labute approximate surface area is 89.1 Å². The molecule has 0 aliphatic carbocycles. The molecule has 0 saturated heterocycles. The first-order chi connectivity index (χ1) is 7.19. The lowest BCUT2D eigenvalue weighted by Crippen LogP contribution is -2.06. The molecule has 0 aromatic heterocycles. The van der Waals surface area contributed by atoms with Gasteiger partial charge in [0.25, 0.3) is 0 Å².